The quantitative estimate of drug-likeness (QED) is 0.674. The van der Waals surface area contributed by atoms with Gasteiger partial charge in [0.15, 0.2) is 5.75 Å². The average molecular weight is 258 g/mol. The van der Waals surface area contributed by atoms with E-state index in [-0.39, 0.29) is 0 Å². The zero-order valence-electron chi connectivity index (χ0n) is 10.7. The number of carbonyl (C=O) groups excluding carboxylic acids is 1. The van der Waals surface area contributed by atoms with Gasteiger partial charge >= 0.3 is 5.97 Å². The third kappa shape index (κ3) is 2.35. The Labute approximate surface area is 111 Å². The maximum absolute atomic E-state index is 11.8. The predicted molar refractivity (Wildman–Crippen MR) is 72.0 cm³/mol. The number of esters is 1. The fraction of sp³-hybridized carbons (Fsp3) is 0.143. The fourth-order valence-electron chi connectivity index (χ4n) is 1.86. The monoisotopic (exact) mass is 258 g/mol. The predicted octanol–water partition coefficient (Wildman–Crippen LogP) is 2.13. The van der Waals surface area contributed by atoms with E-state index in [1.54, 1.807) is 36.5 Å². The summed E-state index contributed by atoms with van der Waals surface area (Å²) >= 11 is 0. The van der Waals surface area contributed by atoms with Gasteiger partial charge in [-0.05, 0) is 24.3 Å². The second-order valence-electron chi connectivity index (χ2n) is 3.82. The van der Waals surface area contributed by atoms with Gasteiger partial charge in [0, 0.05) is 11.8 Å². The number of nitrogens with zero attached hydrogens (tertiary/aromatic N) is 1. The summed E-state index contributed by atoms with van der Waals surface area (Å²) in [7, 11) is 2.85. The molecule has 0 saturated carbocycles. The van der Waals surface area contributed by atoms with Crippen LogP contribution in [0.1, 0.15) is 10.4 Å². The van der Waals surface area contributed by atoms with E-state index in [2.05, 4.69) is 4.98 Å². The summed E-state index contributed by atoms with van der Waals surface area (Å²) in [6, 6.07) is 8.63. The molecule has 0 aliphatic carbocycles. The molecule has 5 nitrogen and oxygen atoms in total. The highest BCUT2D eigenvalue weighted by atomic mass is 16.5. The molecule has 2 aromatic rings. The topological polar surface area (TPSA) is 74.4 Å². The molecule has 0 atom stereocenters. The van der Waals surface area contributed by atoms with Crippen molar-refractivity contribution < 1.29 is 14.3 Å². The highest BCUT2D eigenvalue weighted by Gasteiger charge is 2.18. The number of hydrogen-bond donors (Lipinski definition) is 1. The van der Waals surface area contributed by atoms with Crippen LogP contribution in [-0.2, 0) is 4.74 Å². The molecule has 1 aromatic heterocycles. The molecule has 0 fully saturated rings. The zero-order chi connectivity index (χ0) is 13.8. The van der Waals surface area contributed by atoms with E-state index in [1.165, 1.54) is 14.2 Å². The molecule has 1 aromatic carbocycles. The van der Waals surface area contributed by atoms with E-state index in [1.807, 2.05) is 0 Å². The van der Waals surface area contributed by atoms with E-state index >= 15 is 0 Å². The van der Waals surface area contributed by atoms with Crippen molar-refractivity contribution in [3.63, 3.8) is 0 Å². The SMILES string of the molecule is COC(=O)c1cccnc1-c1cccc(N)c1OC. The Kier molecular flexibility index (Phi) is 3.66. The third-order valence-electron chi connectivity index (χ3n) is 2.72. The lowest BCUT2D eigenvalue weighted by Crippen LogP contribution is -2.06. The number of para-hydroxylation sites is 1. The molecule has 98 valence electrons. The van der Waals surface area contributed by atoms with E-state index in [0.29, 0.717) is 28.3 Å². The second-order valence-corrected chi connectivity index (χ2v) is 3.82. The van der Waals surface area contributed by atoms with Gasteiger partial charge in [0.05, 0.1) is 31.2 Å². The van der Waals surface area contributed by atoms with Crippen LogP contribution < -0.4 is 10.5 Å². The summed E-state index contributed by atoms with van der Waals surface area (Å²) in [4.78, 5) is 16.0. The number of nitrogens with two attached hydrogens (primary N) is 1. The maximum atomic E-state index is 11.8. The van der Waals surface area contributed by atoms with Gasteiger partial charge in [-0.25, -0.2) is 4.79 Å². The zero-order valence-corrected chi connectivity index (χ0v) is 10.7. The highest BCUT2D eigenvalue weighted by Crippen LogP contribution is 2.35. The van der Waals surface area contributed by atoms with Crippen LogP contribution in [0.15, 0.2) is 36.5 Å². The standard InChI is InChI=1S/C14H14N2O3/c1-18-13-9(5-3-7-11(13)15)12-10(14(17)19-2)6-4-8-16-12/h3-8H,15H2,1-2H3. The molecule has 0 aliphatic rings. The molecule has 2 rings (SSSR count). The van der Waals surface area contributed by atoms with Gasteiger partial charge in [-0.1, -0.05) is 6.07 Å². The number of ether oxygens (including phenoxy) is 2. The third-order valence-corrected chi connectivity index (χ3v) is 2.72. The number of aromatic nitrogens is 1. The summed E-state index contributed by atoms with van der Waals surface area (Å²) in [5, 5.41) is 0. The Morgan fingerprint density at radius 3 is 2.68 bits per heavy atom. The highest BCUT2D eigenvalue weighted by molar-refractivity contribution is 5.97. The minimum Gasteiger partial charge on any atom is -0.494 e. The molecule has 0 amide bonds. The first-order chi connectivity index (χ1) is 9.19. The summed E-state index contributed by atoms with van der Waals surface area (Å²) < 4.78 is 10.0. The molecular weight excluding hydrogens is 244 g/mol. The average Bonchev–Trinajstić information content (AvgIpc) is 2.46. The normalized spacial score (nSPS) is 10.0. The van der Waals surface area contributed by atoms with Crippen molar-refractivity contribution in [1.82, 2.24) is 4.98 Å². The molecule has 0 unspecified atom stereocenters. The molecule has 0 bridgehead atoms. The van der Waals surface area contributed by atoms with Gasteiger partial charge in [0.2, 0.25) is 0 Å². The Hall–Kier alpha value is -2.56. The van der Waals surface area contributed by atoms with Crippen LogP contribution in [0.25, 0.3) is 11.3 Å². The van der Waals surface area contributed by atoms with Crippen molar-refractivity contribution >= 4 is 11.7 Å². The van der Waals surface area contributed by atoms with Gasteiger partial charge in [0.1, 0.15) is 0 Å². The van der Waals surface area contributed by atoms with Crippen molar-refractivity contribution in [3.05, 3.63) is 42.1 Å². The van der Waals surface area contributed by atoms with Gasteiger partial charge in [0.25, 0.3) is 0 Å². The van der Waals surface area contributed by atoms with Gasteiger partial charge in [-0.3, -0.25) is 4.98 Å². The van der Waals surface area contributed by atoms with Crippen LogP contribution in [0.2, 0.25) is 0 Å². The number of nitrogen functional groups attached to an aromatic ring is 1. The number of anilines is 1. The summed E-state index contributed by atoms with van der Waals surface area (Å²) in [6.07, 6.45) is 1.60. The lowest BCUT2D eigenvalue weighted by atomic mass is 10.0. The summed E-state index contributed by atoms with van der Waals surface area (Å²) in [5.41, 5.74) is 7.86. The van der Waals surface area contributed by atoms with E-state index in [9.17, 15) is 4.79 Å². The minimum absolute atomic E-state index is 0.369. The first-order valence-corrected chi connectivity index (χ1v) is 5.65. The smallest absolute Gasteiger partial charge is 0.340 e. The van der Waals surface area contributed by atoms with Crippen LogP contribution >= 0.6 is 0 Å². The van der Waals surface area contributed by atoms with Crippen molar-refractivity contribution in [3.8, 4) is 17.0 Å². The number of hydrogen-bond acceptors (Lipinski definition) is 5. The number of rotatable bonds is 3. The number of carbonyl (C=O) groups is 1. The Bertz CT molecular complexity index is 611. The number of pyridine rings is 1. The molecule has 1 heterocycles. The number of benzene rings is 1. The van der Waals surface area contributed by atoms with E-state index < -0.39 is 5.97 Å². The van der Waals surface area contributed by atoms with Gasteiger partial charge in [-0.2, -0.15) is 0 Å². The van der Waals surface area contributed by atoms with Gasteiger partial charge < -0.3 is 15.2 Å². The maximum Gasteiger partial charge on any atom is 0.340 e. The van der Waals surface area contributed by atoms with Crippen LogP contribution in [0.5, 0.6) is 5.75 Å². The molecule has 0 aliphatic heterocycles. The van der Waals surface area contributed by atoms with Crippen molar-refractivity contribution in [1.29, 1.82) is 0 Å². The lowest BCUT2D eigenvalue weighted by Gasteiger charge is -2.12. The molecule has 5 heteroatoms. The number of methoxy groups -OCH3 is 2. The molecule has 0 saturated heterocycles. The fourth-order valence-corrected chi connectivity index (χ4v) is 1.86. The summed E-state index contributed by atoms with van der Waals surface area (Å²) in [5.74, 6) is 0.0407. The van der Waals surface area contributed by atoms with Gasteiger partial charge in [-0.15, -0.1) is 0 Å². The second kappa shape index (κ2) is 5.39. The molecule has 2 N–H and O–H groups in total. The van der Waals surface area contributed by atoms with Crippen molar-refractivity contribution in [2.45, 2.75) is 0 Å². The first-order valence-electron chi connectivity index (χ1n) is 5.65. The van der Waals surface area contributed by atoms with Crippen LogP contribution in [0.4, 0.5) is 5.69 Å². The van der Waals surface area contributed by atoms with Crippen LogP contribution in [0.3, 0.4) is 0 Å². The molecule has 0 radical (unpaired) electrons. The Morgan fingerprint density at radius 2 is 2.00 bits per heavy atom. The largest absolute Gasteiger partial charge is 0.494 e. The van der Waals surface area contributed by atoms with E-state index in [4.69, 9.17) is 15.2 Å². The molecule has 19 heavy (non-hydrogen) atoms. The first kappa shape index (κ1) is 12.9. The van der Waals surface area contributed by atoms with Crippen molar-refractivity contribution in [2.24, 2.45) is 0 Å². The summed E-state index contributed by atoms with van der Waals surface area (Å²) in [6.45, 7) is 0. The minimum atomic E-state index is -0.451. The lowest BCUT2D eigenvalue weighted by molar-refractivity contribution is 0.0601. The van der Waals surface area contributed by atoms with Crippen molar-refractivity contribution in [2.75, 3.05) is 20.0 Å². The van der Waals surface area contributed by atoms with E-state index in [0.717, 1.165) is 0 Å². The van der Waals surface area contributed by atoms with Crippen LogP contribution in [-0.4, -0.2) is 25.2 Å². The Morgan fingerprint density at radius 1 is 1.21 bits per heavy atom. The Balaban J connectivity index is 2.66. The molecule has 0 spiro atoms. The molecular formula is C14H14N2O3. The van der Waals surface area contributed by atoms with Crippen LogP contribution in [0, 0.1) is 0 Å².